The molecule has 1 heterocycles. The zero-order valence-corrected chi connectivity index (χ0v) is 11.8. The van der Waals surface area contributed by atoms with Crippen molar-refractivity contribution in [1.82, 2.24) is 4.90 Å². The van der Waals surface area contributed by atoms with Gasteiger partial charge in [-0.25, -0.2) is 0 Å². The van der Waals surface area contributed by atoms with Gasteiger partial charge in [0.05, 0.1) is 4.88 Å². The van der Waals surface area contributed by atoms with E-state index in [2.05, 4.69) is 12.1 Å². The Morgan fingerprint density at radius 1 is 1.21 bits per heavy atom. The molecule has 3 heteroatoms. The van der Waals surface area contributed by atoms with Crippen LogP contribution in [0.5, 0.6) is 0 Å². The second kappa shape index (κ2) is 5.17. The van der Waals surface area contributed by atoms with Crippen molar-refractivity contribution in [2.24, 2.45) is 0 Å². The first kappa shape index (κ1) is 12.4. The summed E-state index contributed by atoms with van der Waals surface area (Å²) in [5, 5.41) is 0. The number of carbonyl (C=O) groups excluding carboxylic acids is 1. The number of nitrogens with zero attached hydrogens (tertiary/aromatic N) is 1. The summed E-state index contributed by atoms with van der Waals surface area (Å²) in [5.74, 6) is 0.185. The van der Waals surface area contributed by atoms with E-state index in [0.29, 0.717) is 6.04 Å². The Bertz CT molecular complexity index is 571. The first-order valence-electron chi connectivity index (χ1n) is 6.65. The second-order valence-corrected chi connectivity index (χ2v) is 6.35. The predicted molar refractivity (Wildman–Crippen MR) is 78.4 cm³/mol. The van der Waals surface area contributed by atoms with Crippen LogP contribution in [-0.2, 0) is 6.54 Å². The summed E-state index contributed by atoms with van der Waals surface area (Å²) in [4.78, 5) is 16.7. The molecular weight excluding hydrogens is 254 g/mol. The molecule has 0 radical (unpaired) electrons. The second-order valence-electron chi connectivity index (χ2n) is 5.06. The number of carbonyl (C=O) groups is 1. The average Bonchev–Trinajstić information content (AvgIpc) is 3.18. The highest BCUT2D eigenvalue weighted by Crippen LogP contribution is 2.31. The largest absolute Gasteiger partial charge is 0.331 e. The van der Waals surface area contributed by atoms with Crippen LogP contribution in [0.25, 0.3) is 0 Å². The van der Waals surface area contributed by atoms with Gasteiger partial charge >= 0.3 is 0 Å². The van der Waals surface area contributed by atoms with Gasteiger partial charge in [0.2, 0.25) is 0 Å². The minimum Gasteiger partial charge on any atom is -0.331 e. The highest BCUT2D eigenvalue weighted by Gasteiger charge is 2.33. The molecule has 2 aromatic rings. The normalized spacial score (nSPS) is 14.4. The lowest BCUT2D eigenvalue weighted by molar-refractivity contribution is 0.0735. The fourth-order valence-corrected chi connectivity index (χ4v) is 3.05. The molecule has 1 aliphatic carbocycles. The minimum absolute atomic E-state index is 0.185. The third kappa shape index (κ3) is 2.87. The Kier molecular flexibility index (Phi) is 3.38. The van der Waals surface area contributed by atoms with Gasteiger partial charge in [0.15, 0.2) is 0 Å². The Balaban J connectivity index is 1.79. The molecule has 1 aromatic carbocycles. The number of rotatable bonds is 4. The Morgan fingerprint density at radius 3 is 2.53 bits per heavy atom. The summed E-state index contributed by atoms with van der Waals surface area (Å²) in [5.41, 5.74) is 1.20. The van der Waals surface area contributed by atoms with Crippen molar-refractivity contribution in [3.8, 4) is 0 Å². The SMILES string of the molecule is Cc1ccc(C(=O)N(Cc2ccccc2)C2CC2)s1. The van der Waals surface area contributed by atoms with E-state index in [0.717, 1.165) is 24.3 Å². The summed E-state index contributed by atoms with van der Waals surface area (Å²) in [6, 6.07) is 14.6. The van der Waals surface area contributed by atoms with Gasteiger partial charge in [0, 0.05) is 17.5 Å². The summed E-state index contributed by atoms with van der Waals surface area (Å²) < 4.78 is 0. The highest BCUT2D eigenvalue weighted by molar-refractivity contribution is 7.13. The van der Waals surface area contributed by atoms with Gasteiger partial charge in [-0.3, -0.25) is 4.79 Å². The predicted octanol–water partition coefficient (Wildman–Crippen LogP) is 3.86. The van der Waals surface area contributed by atoms with Crippen molar-refractivity contribution in [2.45, 2.75) is 32.4 Å². The van der Waals surface area contributed by atoms with E-state index in [1.807, 2.05) is 42.2 Å². The van der Waals surface area contributed by atoms with E-state index in [1.54, 1.807) is 11.3 Å². The van der Waals surface area contributed by atoms with Crippen LogP contribution >= 0.6 is 11.3 Å². The number of benzene rings is 1. The molecule has 0 bridgehead atoms. The number of hydrogen-bond donors (Lipinski definition) is 0. The lowest BCUT2D eigenvalue weighted by atomic mass is 10.2. The van der Waals surface area contributed by atoms with Crippen molar-refractivity contribution in [3.05, 3.63) is 57.8 Å². The monoisotopic (exact) mass is 271 g/mol. The number of hydrogen-bond acceptors (Lipinski definition) is 2. The van der Waals surface area contributed by atoms with Gasteiger partial charge < -0.3 is 4.90 Å². The van der Waals surface area contributed by atoms with Crippen molar-refractivity contribution in [3.63, 3.8) is 0 Å². The van der Waals surface area contributed by atoms with E-state index in [1.165, 1.54) is 10.4 Å². The Hall–Kier alpha value is -1.61. The molecule has 1 aromatic heterocycles. The average molecular weight is 271 g/mol. The third-order valence-corrected chi connectivity index (χ3v) is 4.38. The van der Waals surface area contributed by atoms with Crippen LogP contribution < -0.4 is 0 Å². The summed E-state index contributed by atoms with van der Waals surface area (Å²) in [6.45, 7) is 2.77. The molecule has 2 nitrogen and oxygen atoms in total. The summed E-state index contributed by atoms with van der Waals surface area (Å²) >= 11 is 1.59. The maximum atomic E-state index is 12.6. The van der Waals surface area contributed by atoms with E-state index in [-0.39, 0.29) is 5.91 Å². The summed E-state index contributed by atoms with van der Waals surface area (Å²) in [7, 11) is 0. The van der Waals surface area contributed by atoms with Gasteiger partial charge in [-0.1, -0.05) is 30.3 Å². The van der Waals surface area contributed by atoms with Crippen LogP contribution in [0.3, 0.4) is 0 Å². The molecule has 1 fully saturated rings. The van der Waals surface area contributed by atoms with Crippen LogP contribution in [-0.4, -0.2) is 16.8 Å². The van der Waals surface area contributed by atoms with Gasteiger partial charge in [0.25, 0.3) is 5.91 Å². The smallest absolute Gasteiger partial charge is 0.264 e. The lowest BCUT2D eigenvalue weighted by Crippen LogP contribution is -2.32. The number of aryl methyl sites for hydroxylation is 1. The maximum absolute atomic E-state index is 12.6. The molecule has 0 saturated heterocycles. The van der Waals surface area contributed by atoms with Crippen molar-refractivity contribution < 1.29 is 4.79 Å². The first-order valence-corrected chi connectivity index (χ1v) is 7.47. The van der Waals surface area contributed by atoms with Crippen LogP contribution in [0, 0.1) is 6.92 Å². The Labute approximate surface area is 117 Å². The first-order chi connectivity index (χ1) is 9.24. The molecule has 3 rings (SSSR count). The van der Waals surface area contributed by atoms with Gasteiger partial charge in [-0.2, -0.15) is 0 Å². The van der Waals surface area contributed by atoms with Crippen LogP contribution in [0.15, 0.2) is 42.5 Å². The van der Waals surface area contributed by atoms with Crippen molar-refractivity contribution >= 4 is 17.2 Å². The summed E-state index contributed by atoms with van der Waals surface area (Å²) in [6.07, 6.45) is 2.28. The standard InChI is InChI=1S/C16H17NOS/c1-12-7-10-15(19-12)16(18)17(14-8-9-14)11-13-5-3-2-4-6-13/h2-7,10,14H,8-9,11H2,1H3. The zero-order chi connectivity index (χ0) is 13.2. The quantitative estimate of drug-likeness (QED) is 0.827. The molecule has 0 atom stereocenters. The van der Waals surface area contributed by atoms with Crippen molar-refractivity contribution in [2.75, 3.05) is 0 Å². The Morgan fingerprint density at radius 2 is 1.95 bits per heavy atom. The van der Waals surface area contributed by atoms with Gasteiger partial charge in [-0.15, -0.1) is 11.3 Å². The van der Waals surface area contributed by atoms with Crippen LogP contribution in [0.4, 0.5) is 0 Å². The molecule has 1 amide bonds. The molecular formula is C16H17NOS. The van der Waals surface area contributed by atoms with E-state index in [4.69, 9.17) is 0 Å². The van der Waals surface area contributed by atoms with E-state index >= 15 is 0 Å². The lowest BCUT2D eigenvalue weighted by Gasteiger charge is -2.21. The van der Waals surface area contributed by atoms with E-state index in [9.17, 15) is 4.79 Å². The molecule has 0 unspecified atom stereocenters. The maximum Gasteiger partial charge on any atom is 0.264 e. The molecule has 98 valence electrons. The fourth-order valence-electron chi connectivity index (χ4n) is 2.22. The van der Waals surface area contributed by atoms with Gasteiger partial charge in [-0.05, 0) is 37.5 Å². The fraction of sp³-hybridized carbons (Fsp3) is 0.312. The molecule has 0 spiro atoms. The number of thiophene rings is 1. The zero-order valence-electron chi connectivity index (χ0n) is 11.0. The van der Waals surface area contributed by atoms with E-state index < -0.39 is 0 Å². The topological polar surface area (TPSA) is 20.3 Å². The molecule has 0 aliphatic heterocycles. The number of amides is 1. The van der Waals surface area contributed by atoms with Crippen molar-refractivity contribution in [1.29, 1.82) is 0 Å². The van der Waals surface area contributed by atoms with Crippen LogP contribution in [0.1, 0.15) is 33.0 Å². The molecule has 19 heavy (non-hydrogen) atoms. The minimum atomic E-state index is 0.185. The molecule has 1 saturated carbocycles. The molecule has 0 N–H and O–H groups in total. The highest BCUT2D eigenvalue weighted by atomic mass is 32.1. The van der Waals surface area contributed by atoms with Gasteiger partial charge in [0.1, 0.15) is 0 Å². The van der Waals surface area contributed by atoms with Crippen LogP contribution in [0.2, 0.25) is 0 Å². The molecule has 1 aliphatic rings. The third-order valence-electron chi connectivity index (χ3n) is 3.40.